The summed E-state index contributed by atoms with van der Waals surface area (Å²) in [6.45, 7) is -0.384. The second kappa shape index (κ2) is 12.7. The number of methoxy groups -OCH3 is 3. The first-order valence-electron chi connectivity index (χ1n) is 11.0. The number of hydrogen-bond acceptors (Lipinski definition) is 6. The number of aryl methyl sites for hydroxylation is 1. The summed E-state index contributed by atoms with van der Waals surface area (Å²) < 4.78 is 21.2. The molecule has 7 nitrogen and oxygen atoms in total. The lowest BCUT2D eigenvalue weighted by Crippen LogP contribution is -2.33. The summed E-state index contributed by atoms with van der Waals surface area (Å²) in [5, 5.41) is 3.54. The van der Waals surface area contributed by atoms with Crippen LogP contribution in [0.1, 0.15) is 29.2 Å². The van der Waals surface area contributed by atoms with Gasteiger partial charge in [-0.3, -0.25) is 9.59 Å². The number of halogens is 1. The van der Waals surface area contributed by atoms with Crippen molar-refractivity contribution < 1.29 is 28.5 Å². The Kier molecular flexibility index (Phi) is 9.38. The maximum absolute atomic E-state index is 12.6. The van der Waals surface area contributed by atoms with E-state index in [1.807, 2.05) is 42.5 Å². The summed E-state index contributed by atoms with van der Waals surface area (Å²) in [4.78, 5) is 24.9. The predicted molar refractivity (Wildman–Crippen MR) is 133 cm³/mol. The zero-order chi connectivity index (χ0) is 25.2. The van der Waals surface area contributed by atoms with Crippen LogP contribution in [-0.2, 0) is 20.7 Å². The Labute approximate surface area is 209 Å². The number of hydrogen-bond donors (Lipinski definition) is 1. The van der Waals surface area contributed by atoms with Crippen molar-refractivity contribution >= 4 is 23.5 Å². The second-order valence-electron chi connectivity index (χ2n) is 7.66. The van der Waals surface area contributed by atoms with E-state index in [4.69, 9.17) is 30.5 Å². The third-order valence-corrected chi connectivity index (χ3v) is 5.60. The Hall–Kier alpha value is -3.71. The van der Waals surface area contributed by atoms with Crippen LogP contribution < -0.4 is 19.5 Å². The molecular formula is C27H28ClNO6. The summed E-state index contributed by atoms with van der Waals surface area (Å²) in [6.07, 6.45) is 0.472. The van der Waals surface area contributed by atoms with Gasteiger partial charge in [0.1, 0.15) is 0 Å². The molecule has 0 saturated carbocycles. The van der Waals surface area contributed by atoms with Crippen LogP contribution in [0.2, 0.25) is 5.02 Å². The lowest BCUT2D eigenvalue weighted by atomic mass is 9.99. The SMILES string of the molecule is COc1cc(CCC(=O)OCC(=O)NC(c2ccccc2)c2ccc(Cl)cc2)cc(OC)c1OC. The van der Waals surface area contributed by atoms with Crippen LogP contribution in [0.5, 0.6) is 17.2 Å². The molecule has 1 N–H and O–H groups in total. The van der Waals surface area contributed by atoms with E-state index in [0.29, 0.717) is 28.7 Å². The summed E-state index contributed by atoms with van der Waals surface area (Å²) in [5.74, 6) is 0.589. The lowest BCUT2D eigenvalue weighted by molar-refractivity contribution is -0.148. The van der Waals surface area contributed by atoms with Gasteiger partial charge in [0.2, 0.25) is 5.75 Å². The number of ether oxygens (including phenoxy) is 4. The number of carbonyl (C=O) groups is 2. The number of nitrogens with one attached hydrogen (secondary N) is 1. The van der Waals surface area contributed by atoms with E-state index < -0.39 is 17.9 Å². The average molecular weight is 498 g/mol. The first-order valence-corrected chi connectivity index (χ1v) is 11.4. The minimum atomic E-state index is -0.489. The molecule has 0 aromatic heterocycles. The van der Waals surface area contributed by atoms with Gasteiger partial charge < -0.3 is 24.3 Å². The quantitative estimate of drug-likeness (QED) is 0.385. The Morgan fingerprint density at radius 2 is 1.46 bits per heavy atom. The molecule has 0 aliphatic carbocycles. The van der Waals surface area contributed by atoms with Crippen molar-refractivity contribution in [3.8, 4) is 17.2 Å². The molecule has 0 aliphatic heterocycles. The monoisotopic (exact) mass is 497 g/mol. The molecule has 0 radical (unpaired) electrons. The highest BCUT2D eigenvalue weighted by atomic mass is 35.5. The standard InChI is InChI=1S/C27H28ClNO6/c1-32-22-15-18(16-23(33-2)27(22)34-3)9-14-25(31)35-17-24(30)29-26(19-7-5-4-6-8-19)20-10-12-21(28)13-11-20/h4-8,10-13,15-16,26H,9,14,17H2,1-3H3,(H,29,30). The molecule has 1 atom stereocenters. The molecule has 8 heteroatoms. The minimum absolute atomic E-state index is 0.0885. The van der Waals surface area contributed by atoms with Crippen molar-refractivity contribution in [3.63, 3.8) is 0 Å². The van der Waals surface area contributed by atoms with E-state index in [0.717, 1.165) is 16.7 Å². The van der Waals surface area contributed by atoms with Crippen molar-refractivity contribution in [3.05, 3.63) is 88.4 Å². The number of rotatable bonds is 11. The highest BCUT2D eigenvalue weighted by Gasteiger charge is 2.18. The molecule has 1 unspecified atom stereocenters. The topological polar surface area (TPSA) is 83.1 Å². The van der Waals surface area contributed by atoms with Crippen LogP contribution in [-0.4, -0.2) is 39.8 Å². The van der Waals surface area contributed by atoms with Gasteiger partial charge in [-0.05, 0) is 47.4 Å². The van der Waals surface area contributed by atoms with E-state index in [-0.39, 0.29) is 13.0 Å². The van der Waals surface area contributed by atoms with Gasteiger partial charge in [-0.2, -0.15) is 0 Å². The normalized spacial score (nSPS) is 11.3. The molecule has 0 aliphatic rings. The first-order chi connectivity index (χ1) is 16.9. The molecule has 0 saturated heterocycles. The van der Waals surface area contributed by atoms with Gasteiger partial charge in [-0.15, -0.1) is 0 Å². The van der Waals surface area contributed by atoms with Crippen LogP contribution in [0.25, 0.3) is 0 Å². The van der Waals surface area contributed by atoms with Gasteiger partial charge in [0.25, 0.3) is 5.91 Å². The molecule has 3 aromatic rings. The number of carbonyl (C=O) groups excluding carboxylic acids is 2. The maximum Gasteiger partial charge on any atom is 0.306 e. The fraction of sp³-hybridized carbons (Fsp3) is 0.259. The van der Waals surface area contributed by atoms with Crippen molar-refractivity contribution in [2.75, 3.05) is 27.9 Å². The summed E-state index contributed by atoms with van der Waals surface area (Å²) in [7, 11) is 4.58. The molecule has 3 rings (SSSR count). The molecule has 0 fully saturated rings. The van der Waals surface area contributed by atoms with Crippen LogP contribution in [0.15, 0.2) is 66.7 Å². The molecule has 35 heavy (non-hydrogen) atoms. The Morgan fingerprint density at radius 1 is 0.857 bits per heavy atom. The van der Waals surface area contributed by atoms with E-state index in [2.05, 4.69) is 5.32 Å². The van der Waals surface area contributed by atoms with Crippen molar-refractivity contribution in [1.82, 2.24) is 5.32 Å². The van der Waals surface area contributed by atoms with Crippen LogP contribution >= 0.6 is 11.6 Å². The zero-order valence-corrected chi connectivity index (χ0v) is 20.6. The fourth-order valence-corrected chi connectivity index (χ4v) is 3.73. The molecule has 1 amide bonds. The zero-order valence-electron chi connectivity index (χ0n) is 19.9. The second-order valence-corrected chi connectivity index (χ2v) is 8.09. The van der Waals surface area contributed by atoms with E-state index >= 15 is 0 Å². The van der Waals surface area contributed by atoms with Gasteiger partial charge in [-0.25, -0.2) is 0 Å². The highest BCUT2D eigenvalue weighted by Crippen LogP contribution is 2.38. The summed E-state index contributed by atoms with van der Waals surface area (Å²) in [5.41, 5.74) is 2.58. The maximum atomic E-state index is 12.6. The van der Waals surface area contributed by atoms with Crippen LogP contribution in [0, 0.1) is 0 Å². The van der Waals surface area contributed by atoms with E-state index in [9.17, 15) is 9.59 Å². The number of benzene rings is 3. The average Bonchev–Trinajstić information content (AvgIpc) is 2.89. The molecular weight excluding hydrogens is 470 g/mol. The van der Waals surface area contributed by atoms with E-state index in [1.165, 1.54) is 21.3 Å². The smallest absolute Gasteiger partial charge is 0.306 e. The van der Waals surface area contributed by atoms with Gasteiger partial charge in [0, 0.05) is 11.4 Å². The number of esters is 1. The van der Waals surface area contributed by atoms with Gasteiger partial charge in [-0.1, -0.05) is 54.1 Å². The largest absolute Gasteiger partial charge is 0.493 e. The fourth-order valence-electron chi connectivity index (χ4n) is 3.61. The van der Waals surface area contributed by atoms with Crippen molar-refractivity contribution in [1.29, 1.82) is 0 Å². The minimum Gasteiger partial charge on any atom is -0.493 e. The highest BCUT2D eigenvalue weighted by molar-refractivity contribution is 6.30. The summed E-state index contributed by atoms with van der Waals surface area (Å²) in [6, 6.07) is 19.9. The van der Waals surface area contributed by atoms with Crippen LogP contribution in [0.4, 0.5) is 0 Å². The Balaban J connectivity index is 1.58. The number of amides is 1. The van der Waals surface area contributed by atoms with Crippen molar-refractivity contribution in [2.45, 2.75) is 18.9 Å². The molecule has 184 valence electrons. The molecule has 0 bridgehead atoms. The Morgan fingerprint density at radius 3 is 2.03 bits per heavy atom. The van der Waals surface area contributed by atoms with Gasteiger partial charge >= 0.3 is 5.97 Å². The van der Waals surface area contributed by atoms with E-state index in [1.54, 1.807) is 24.3 Å². The summed E-state index contributed by atoms with van der Waals surface area (Å²) >= 11 is 6.01. The van der Waals surface area contributed by atoms with Gasteiger partial charge in [0.05, 0.1) is 27.4 Å². The lowest BCUT2D eigenvalue weighted by Gasteiger charge is -2.20. The third-order valence-electron chi connectivity index (χ3n) is 5.35. The Bertz CT molecular complexity index is 1110. The molecule has 0 heterocycles. The van der Waals surface area contributed by atoms with Crippen LogP contribution in [0.3, 0.4) is 0 Å². The van der Waals surface area contributed by atoms with Crippen molar-refractivity contribution in [2.24, 2.45) is 0 Å². The molecule has 0 spiro atoms. The predicted octanol–water partition coefficient (Wildman–Crippen LogP) is 4.75. The van der Waals surface area contributed by atoms with Gasteiger partial charge in [0.15, 0.2) is 18.1 Å². The molecule has 3 aromatic carbocycles. The third kappa shape index (κ3) is 7.13. The first kappa shape index (κ1) is 25.9.